The normalized spacial score (nSPS) is 12.4. The Kier molecular flexibility index (Phi) is 61.4. The Morgan fingerprint density at radius 2 is 0.569 bits per heavy atom. The molecule has 0 aromatic heterocycles. The van der Waals surface area contributed by atoms with E-state index in [1.165, 1.54) is 315 Å². The second-order valence-corrected chi connectivity index (χ2v) is 23.2. The molecule has 0 saturated carbocycles. The number of esters is 1. The molecule has 0 aliphatic heterocycles. The van der Waals surface area contributed by atoms with Gasteiger partial charge in [0.25, 0.3) is 0 Å². The number of hydrogen-bond acceptors (Lipinski definition) is 5. The number of hydrogen-bond donors (Lipinski definition) is 3. The lowest BCUT2D eigenvalue weighted by Crippen LogP contribution is -2.45. The molecule has 2 atom stereocenters. The minimum absolute atomic E-state index is 0.0241. The Labute approximate surface area is 451 Å². The molecule has 0 fully saturated rings. The fraction of sp³-hybridized carbons (Fsp3) is 0.970. The van der Waals surface area contributed by atoms with Gasteiger partial charge in [-0.25, -0.2) is 0 Å². The molecule has 1 amide bonds. The van der Waals surface area contributed by atoms with E-state index >= 15 is 0 Å². The van der Waals surface area contributed by atoms with Crippen molar-refractivity contribution in [2.75, 3.05) is 13.2 Å². The van der Waals surface area contributed by atoms with Crippen LogP contribution in [0.3, 0.4) is 0 Å². The Morgan fingerprint density at radius 1 is 0.333 bits per heavy atom. The van der Waals surface area contributed by atoms with Crippen LogP contribution in [0.25, 0.3) is 0 Å². The predicted molar refractivity (Wildman–Crippen MR) is 315 cm³/mol. The van der Waals surface area contributed by atoms with Gasteiger partial charge in [-0.3, -0.25) is 9.59 Å². The molecular weight excluding hydrogens is 887 g/mol. The third-order valence-corrected chi connectivity index (χ3v) is 15.9. The highest BCUT2D eigenvalue weighted by molar-refractivity contribution is 5.76. The number of ether oxygens (including phenoxy) is 1. The van der Waals surface area contributed by atoms with Crippen LogP contribution < -0.4 is 5.32 Å². The van der Waals surface area contributed by atoms with Crippen molar-refractivity contribution < 1.29 is 24.5 Å². The van der Waals surface area contributed by atoms with Crippen LogP contribution in [0, 0.1) is 0 Å². The molecule has 6 heteroatoms. The summed E-state index contributed by atoms with van der Waals surface area (Å²) in [6.07, 6.45) is 74.4. The van der Waals surface area contributed by atoms with Crippen molar-refractivity contribution in [2.24, 2.45) is 0 Å². The summed E-state index contributed by atoms with van der Waals surface area (Å²) in [6.45, 7) is 4.97. The molecule has 0 heterocycles. The van der Waals surface area contributed by atoms with Crippen LogP contribution in [-0.4, -0.2) is 47.4 Å². The number of amides is 1. The molecule has 0 bridgehead atoms. The average molecular weight is 1020 g/mol. The van der Waals surface area contributed by atoms with Gasteiger partial charge in [0.2, 0.25) is 5.91 Å². The number of carbonyl (C=O) groups excluding carboxylic acids is 2. The largest absolute Gasteiger partial charge is 0.466 e. The number of carbonyl (C=O) groups is 2. The van der Waals surface area contributed by atoms with Crippen LogP contribution in [0.15, 0.2) is 0 Å². The number of nitrogens with one attached hydrogen (secondary N) is 1. The minimum Gasteiger partial charge on any atom is -0.466 e. The lowest BCUT2D eigenvalue weighted by atomic mass is 10.0. The molecule has 430 valence electrons. The molecule has 0 aromatic rings. The molecule has 0 aromatic carbocycles. The molecular formula is C66H131NO5. The van der Waals surface area contributed by atoms with Gasteiger partial charge < -0.3 is 20.3 Å². The third-order valence-electron chi connectivity index (χ3n) is 15.9. The topological polar surface area (TPSA) is 95.9 Å². The van der Waals surface area contributed by atoms with Crippen molar-refractivity contribution in [2.45, 2.75) is 398 Å². The zero-order chi connectivity index (χ0) is 52.2. The second kappa shape index (κ2) is 62.4. The van der Waals surface area contributed by atoms with E-state index in [4.69, 9.17) is 4.74 Å². The van der Waals surface area contributed by atoms with Gasteiger partial charge >= 0.3 is 5.97 Å². The van der Waals surface area contributed by atoms with Gasteiger partial charge in [0.05, 0.1) is 25.4 Å². The highest BCUT2D eigenvalue weighted by atomic mass is 16.5. The summed E-state index contributed by atoms with van der Waals surface area (Å²) in [4.78, 5) is 24.5. The van der Waals surface area contributed by atoms with Crippen molar-refractivity contribution in [1.82, 2.24) is 5.32 Å². The van der Waals surface area contributed by atoms with Gasteiger partial charge in [0.1, 0.15) is 0 Å². The molecule has 0 aliphatic carbocycles. The van der Waals surface area contributed by atoms with Crippen molar-refractivity contribution in [3.05, 3.63) is 0 Å². The van der Waals surface area contributed by atoms with Crippen molar-refractivity contribution >= 4 is 11.9 Å². The smallest absolute Gasteiger partial charge is 0.305 e. The maximum atomic E-state index is 12.4. The Balaban J connectivity index is 3.28. The fourth-order valence-electron chi connectivity index (χ4n) is 10.8. The highest BCUT2D eigenvalue weighted by Gasteiger charge is 2.20. The van der Waals surface area contributed by atoms with Crippen LogP contribution >= 0.6 is 0 Å². The summed E-state index contributed by atoms with van der Waals surface area (Å²) in [7, 11) is 0. The molecule has 0 spiro atoms. The van der Waals surface area contributed by atoms with E-state index in [2.05, 4.69) is 19.2 Å². The maximum Gasteiger partial charge on any atom is 0.305 e. The molecule has 0 aliphatic rings. The first-order valence-electron chi connectivity index (χ1n) is 33.3. The summed E-state index contributed by atoms with van der Waals surface area (Å²) in [6, 6.07) is -0.535. The summed E-state index contributed by atoms with van der Waals surface area (Å²) >= 11 is 0. The van der Waals surface area contributed by atoms with E-state index in [-0.39, 0.29) is 18.5 Å². The predicted octanol–water partition coefficient (Wildman–Crippen LogP) is 21.0. The Bertz CT molecular complexity index is 1040. The van der Waals surface area contributed by atoms with E-state index in [9.17, 15) is 19.8 Å². The van der Waals surface area contributed by atoms with Gasteiger partial charge in [-0.1, -0.05) is 348 Å². The Morgan fingerprint density at radius 3 is 0.847 bits per heavy atom. The number of aliphatic hydroxyl groups excluding tert-OH is 2. The van der Waals surface area contributed by atoms with Gasteiger partial charge in [-0.15, -0.1) is 0 Å². The van der Waals surface area contributed by atoms with E-state index in [0.717, 1.165) is 38.5 Å². The molecule has 0 radical (unpaired) electrons. The summed E-state index contributed by atoms with van der Waals surface area (Å²) < 4.78 is 5.51. The summed E-state index contributed by atoms with van der Waals surface area (Å²) in [5, 5.41) is 23.1. The molecule has 72 heavy (non-hydrogen) atoms. The molecule has 2 unspecified atom stereocenters. The fourth-order valence-corrected chi connectivity index (χ4v) is 10.8. The number of rotatable bonds is 63. The first kappa shape index (κ1) is 70.9. The minimum atomic E-state index is -0.658. The van der Waals surface area contributed by atoms with Gasteiger partial charge in [0.15, 0.2) is 0 Å². The van der Waals surface area contributed by atoms with E-state index in [0.29, 0.717) is 25.9 Å². The maximum absolute atomic E-state index is 12.4. The Hall–Kier alpha value is -1.14. The monoisotopic (exact) mass is 1020 g/mol. The summed E-state index contributed by atoms with van der Waals surface area (Å²) in [5.74, 6) is -0.00786. The lowest BCUT2D eigenvalue weighted by Gasteiger charge is -2.22. The van der Waals surface area contributed by atoms with Gasteiger partial charge in [-0.2, -0.15) is 0 Å². The van der Waals surface area contributed by atoms with Crippen LogP contribution in [0.5, 0.6) is 0 Å². The lowest BCUT2D eigenvalue weighted by molar-refractivity contribution is -0.143. The van der Waals surface area contributed by atoms with E-state index < -0.39 is 12.1 Å². The van der Waals surface area contributed by atoms with E-state index in [1.807, 2.05) is 0 Å². The first-order valence-corrected chi connectivity index (χ1v) is 33.3. The van der Waals surface area contributed by atoms with Crippen LogP contribution in [0.2, 0.25) is 0 Å². The van der Waals surface area contributed by atoms with Crippen LogP contribution in [0.4, 0.5) is 0 Å². The van der Waals surface area contributed by atoms with Crippen molar-refractivity contribution in [3.8, 4) is 0 Å². The standard InChI is InChI=1S/C66H131NO5/c1-3-5-7-9-11-13-14-15-16-17-31-34-37-40-44-48-52-56-60-66(71)72-61-57-53-49-45-41-38-35-32-29-27-25-23-21-19-18-20-22-24-26-28-30-33-36-39-43-47-51-55-59-65(70)67-63(62-68)64(69)58-54-50-46-42-12-10-8-6-4-2/h63-64,68-69H,3-62H2,1-2H3,(H,67,70). The quantitative estimate of drug-likeness (QED) is 0.0417. The zero-order valence-corrected chi connectivity index (χ0v) is 49.2. The van der Waals surface area contributed by atoms with Gasteiger partial charge in [0, 0.05) is 12.8 Å². The molecule has 0 saturated heterocycles. The van der Waals surface area contributed by atoms with Gasteiger partial charge in [-0.05, 0) is 25.7 Å². The van der Waals surface area contributed by atoms with Crippen LogP contribution in [-0.2, 0) is 14.3 Å². The average Bonchev–Trinajstić information content (AvgIpc) is 3.38. The SMILES string of the molecule is CCCCCCCCCCCCCCCCCCCCC(=O)OCCCCCCCCCCCCCCCCCCCCCCCCCCCCCCC(=O)NC(CO)C(O)CCCCCCCCCCC. The molecule has 0 rings (SSSR count). The third kappa shape index (κ3) is 58.1. The summed E-state index contributed by atoms with van der Waals surface area (Å²) in [5.41, 5.74) is 0. The van der Waals surface area contributed by atoms with Crippen molar-refractivity contribution in [3.63, 3.8) is 0 Å². The van der Waals surface area contributed by atoms with E-state index in [1.54, 1.807) is 0 Å². The number of aliphatic hydroxyl groups is 2. The molecule has 6 nitrogen and oxygen atoms in total. The number of unbranched alkanes of at least 4 members (excludes halogenated alkanes) is 52. The van der Waals surface area contributed by atoms with Crippen LogP contribution in [0.1, 0.15) is 386 Å². The molecule has 3 N–H and O–H groups in total. The second-order valence-electron chi connectivity index (χ2n) is 23.2. The first-order chi connectivity index (χ1) is 35.5. The zero-order valence-electron chi connectivity index (χ0n) is 49.2. The highest BCUT2D eigenvalue weighted by Crippen LogP contribution is 2.19. The van der Waals surface area contributed by atoms with Crippen molar-refractivity contribution in [1.29, 1.82) is 0 Å².